The van der Waals surface area contributed by atoms with Crippen LogP contribution in [0.3, 0.4) is 0 Å². The lowest BCUT2D eigenvalue weighted by atomic mass is 10.2. The van der Waals surface area contributed by atoms with Crippen molar-refractivity contribution in [1.29, 1.82) is 0 Å². The summed E-state index contributed by atoms with van der Waals surface area (Å²) in [5.74, 6) is 0.546. The van der Waals surface area contributed by atoms with E-state index >= 15 is 0 Å². The Morgan fingerprint density at radius 3 is 2.81 bits per heavy atom. The number of alkyl carbamates (subject to hydrolysis) is 1. The summed E-state index contributed by atoms with van der Waals surface area (Å²) in [5.41, 5.74) is -0.469. The van der Waals surface area contributed by atoms with Crippen LogP contribution < -0.4 is 10.6 Å². The predicted octanol–water partition coefficient (Wildman–Crippen LogP) is 3.19. The maximum absolute atomic E-state index is 11.8. The monoisotopic (exact) mass is 331 g/mol. The van der Waals surface area contributed by atoms with E-state index in [1.54, 1.807) is 6.20 Å². The van der Waals surface area contributed by atoms with Crippen LogP contribution in [0, 0.1) is 5.92 Å². The number of thiazole rings is 1. The first kappa shape index (κ1) is 16.5. The van der Waals surface area contributed by atoms with E-state index in [1.165, 1.54) is 11.3 Å². The van der Waals surface area contributed by atoms with Crippen molar-refractivity contribution in [3.8, 4) is 0 Å². The van der Waals surface area contributed by atoms with E-state index in [4.69, 9.17) is 16.3 Å². The topological polar surface area (TPSA) is 63.2 Å². The number of hydrogen-bond donors (Lipinski definition) is 2. The fourth-order valence-electron chi connectivity index (χ4n) is 2.00. The van der Waals surface area contributed by atoms with Crippen LogP contribution in [0.25, 0.3) is 0 Å². The molecule has 0 radical (unpaired) electrons. The molecule has 2 N–H and O–H groups in total. The van der Waals surface area contributed by atoms with Crippen LogP contribution in [0.2, 0.25) is 4.34 Å². The van der Waals surface area contributed by atoms with Gasteiger partial charge >= 0.3 is 6.09 Å². The highest BCUT2D eigenvalue weighted by molar-refractivity contribution is 7.15. The first-order valence-electron chi connectivity index (χ1n) is 7.14. The number of nitrogens with one attached hydrogen (secondary N) is 2. The molecule has 5 nitrogen and oxygen atoms in total. The molecule has 0 aromatic carbocycles. The summed E-state index contributed by atoms with van der Waals surface area (Å²) in [6.07, 6.45) is 3.62. The highest BCUT2D eigenvalue weighted by Gasteiger charge is 2.33. The summed E-state index contributed by atoms with van der Waals surface area (Å²) in [7, 11) is 0. The highest BCUT2D eigenvalue weighted by Crippen LogP contribution is 2.32. The quantitative estimate of drug-likeness (QED) is 0.840. The molecule has 1 saturated carbocycles. The lowest BCUT2D eigenvalue weighted by Gasteiger charge is -2.23. The summed E-state index contributed by atoms with van der Waals surface area (Å²) in [4.78, 5) is 16.0. The molecule has 1 aromatic rings. The van der Waals surface area contributed by atoms with E-state index < -0.39 is 5.60 Å². The van der Waals surface area contributed by atoms with Gasteiger partial charge in [0.25, 0.3) is 0 Å². The van der Waals surface area contributed by atoms with Crippen LogP contribution >= 0.6 is 22.9 Å². The van der Waals surface area contributed by atoms with Gasteiger partial charge in [-0.1, -0.05) is 11.6 Å². The Morgan fingerprint density at radius 1 is 1.57 bits per heavy atom. The summed E-state index contributed by atoms with van der Waals surface area (Å²) in [5, 5.41) is 7.23. The van der Waals surface area contributed by atoms with Crippen LogP contribution in [-0.4, -0.2) is 29.3 Å². The van der Waals surface area contributed by atoms with Crippen LogP contribution in [0.1, 0.15) is 38.6 Å². The molecule has 1 heterocycles. The maximum atomic E-state index is 11.8. The molecule has 0 bridgehead atoms. The van der Waals surface area contributed by atoms with E-state index in [0.29, 0.717) is 23.3 Å². The van der Waals surface area contributed by atoms with Crippen LogP contribution in [0.15, 0.2) is 6.20 Å². The number of rotatable bonds is 6. The third kappa shape index (κ3) is 6.20. The number of carbonyl (C=O) groups is 1. The molecule has 21 heavy (non-hydrogen) atoms. The Morgan fingerprint density at radius 2 is 2.29 bits per heavy atom. The average molecular weight is 332 g/mol. The molecule has 2 rings (SSSR count). The van der Waals surface area contributed by atoms with Gasteiger partial charge in [0.15, 0.2) is 0 Å². The summed E-state index contributed by atoms with van der Waals surface area (Å²) in [6, 6.07) is 0.107. The minimum Gasteiger partial charge on any atom is -0.444 e. The molecule has 0 saturated heterocycles. The SMILES string of the molecule is CC(C)(C)OC(=O)NC(CNCc1ncc(Cl)s1)C1CC1. The van der Waals surface area contributed by atoms with E-state index in [1.807, 2.05) is 20.8 Å². The molecule has 1 aliphatic rings. The molecule has 1 unspecified atom stereocenters. The van der Waals surface area contributed by atoms with Gasteiger partial charge in [-0.15, -0.1) is 11.3 Å². The minimum absolute atomic E-state index is 0.107. The lowest BCUT2D eigenvalue weighted by Crippen LogP contribution is -2.45. The molecule has 1 aromatic heterocycles. The smallest absolute Gasteiger partial charge is 0.407 e. The van der Waals surface area contributed by atoms with E-state index in [0.717, 1.165) is 17.8 Å². The highest BCUT2D eigenvalue weighted by atomic mass is 35.5. The van der Waals surface area contributed by atoms with Crippen molar-refractivity contribution in [1.82, 2.24) is 15.6 Å². The van der Waals surface area contributed by atoms with E-state index in [-0.39, 0.29) is 12.1 Å². The Hall–Kier alpha value is -0.850. The summed E-state index contributed by atoms with van der Waals surface area (Å²) >= 11 is 7.31. The first-order chi connectivity index (χ1) is 9.83. The Balaban J connectivity index is 1.76. The number of halogens is 1. The molecule has 1 atom stereocenters. The van der Waals surface area contributed by atoms with Crippen molar-refractivity contribution in [2.45, 2.75) is 51.8 Å². The standard InChI is InChI=1S/C14H22ClN3O2S/c1-14(2,3)20-13(19)18-10(9-4-5-9)6-16-8-12-17-7-11(15)21-12/h7,9-10,16H,4-6,8H2,1-3H3,(H,18,19). The van der Waals surface area contributed by atoms with Gasteiger partial charge in [-0.3, -0.25) is 0 Å². The number of aromatic nitrogens is 1. The fourth-order valence-corrected chi connectivity index (χ4v) is 2.92. The number of amides is 1. The molecule has 1 fully saturated rings. The lowest BCUT2D eigenvalue weighted by molar-refractivity contribution is 0.0497. The zero-order valence-electron chi connectivity index (χ0n) is 12.6. The zero-order chi connectivity index (χ0) is 15.5. The fraction of sp³-hybridized carbons (Fsp3) is 0.714. The van der Waals surface area contributed by atoms with Crippen molar-refractivity contribution in [3.05, 3.63) is 15.5 Å². The molecular weight excluding hydrogens is 310 g/mol. The molecule has 1 amide bonds. The Bertz CT molecular complexity index is 483. The van der Waals surface area contributed by atoms with Crippen LogP contribution in [0.4, 0.5) is 4.79 Å². The molecule has 0 aliphatic heterocycles. The second kappa shape index (κ2) is 6.94. The third-order valence-corrected chi connectivity index (χ3v) is 4.17. The molecule has 1 aliphatic carbocycles. The average Bonchev–Trinajstić information content (AvgIpc) is 3.10. The molecule has 0 spiro atoms. The minimum atomic E-state index is -0.469. The number of ether oxygens (including phenoxy) is 1. The van der Waals surface area contributed by atoms with Gasteiger partial charge in [-0.25, -0.2) is 9.78 Å². The number of carbonyl (C=O) groups excluding carboxylic acids is 1. The van der Waals surface area contributed by atoms with Crippen molar-refractivity contribution in [2.75, 3.05) is 6.54 Å². The van der Waals surface area contributed by atoms with Crippen LogP contribution in [0.5, 0.6) is 0 Å². The van der Waals surface area contributed by atoms with Gasteiger partial charge in [0.1, 0.15) is 14.9 Å². The summed E-state index contributed by atoms with van der Waals surface area (Å²) < 4.78 is 6.00. The number of hydrogen-bond acceptors (Lipinski definition) is 5. The van der Waals surface area contributed by atoms with Crippen LogP contribution in [-0.2, 0) is 11.3 Å². The van der Waals surface area contributed by atoms with Crippen molar-refractivity contribution in [3.63, 3.8) is 0 Å². The third-order valence-electron chi connectivity index (χ3n) is 3.06. The molecular formula is C14H22ClN3O2S. The normalized spacial score (nSPS) is 16.6. The van der Waals surface area contributed by atoms with E-state index in [2.05, 4.69) is 15.6 Å². The second-order valence-corrected chi connectivity index (χ2v) is 8.03. The van der Waals surface area contributed by atoms with Gasteiger partial charge in [0, 0.05) is 19.1 Å². The van der Waals surface area contributed by atoms with Crippen molar-refractivity contribution in [2.24, 2.45) is 5.92 Å². The van der Waals surface area contributed by atoms with Crippen molar-refractivity contribution < 1.29 is 9.53 Å². The summed E-state index contributed by atoms with van der Waals surface area (Å²) in [6.45, 7) is 6.97. The van der Waals surface area contributed by atoms with Gasteiger partial charge in [0.05, 0.1) is 6.20 Å². The molecule has 7 heteroatoms. The second-order valence-electron chi connectivity index (χ2n) is 6.28. The van der Waals surface area contributed by atoms with Crippen molar-refractivity contribution >= 4 is 29.0 Å². The van der Waals surface area contributed by atoms with Gasteiger partial charge < -0.3 is 15.4 Å². The van der Waals surface area contributed by atoms with Gasteiger partial charge in [-0.2, -0.15) is 0 Å². The predicted molar refractivity (Wildman–Crippen MR) is 84.7 cm³/mol. The first-order valence-corrected chi connectivity index (χ1v) is 8.33. The Labute approximate surface area is 134 Å². The molecule has 118 valence electrons. The maximum Gasteiger partial charge on any atom is 0.407 e. The largest absolute Gasteiger partial charge is 0.444 e. The number of nitrogens with zero attached hydrogens (tertiary/aromatic N) is 1. The Kier molecular flexibility index (Phi) is 5.46. The van der Waals surface area contributed by atoms with Gasteiger partial charge in [-0.05, 0) is 39.5 Å². The zero-order valence-corrected chi connectivity index (χ0v) is 14.2. The van der Waals surface area contributed by atoms with E-state index in [9.17, 15) is 4.79 Å². The van der Waals surface area contributed by atoms with Gasteiger partial charge in [0.2, 0.25) is 0 Å².